The van der Waals surface area contributed by atoms with E-state index in [-0.39, 0.29) is 23.4 Å². The van der Waals surface area contributed by atoms with E-state index in [1.165, 1.54) is 0 Å². The number of hydrogen-bond acceptors (Lipinski definition) is 4. The van der Waals surface area contributed by atoms with E-state index in [4.69, 9.17) is 9.47 Å². The third-order valence-electron chi connectivity index (χ3n) is 7.87. The van der Waals surface area contributed by atoms with Crippen molar-refractivity contribution in [3.05, 3.63) is 52.8 Å². The topological polar surface area (TPSA) is 50.8 Å². The fourth-order valence-electron chi connectivity index (χ4n) is 6.03. The Hall–Kier alpha value is -2.60. The first-order valence-corrected chi connectivity index (χ1v) is 12.5. The smallest absolute Gasteiger partial charge is 0.407 e. The standard InChI is InChI=1S/C28H35FN2O3/c1-5-33-24-7-6-19(12-17(24)2)21-13-20-15-28(3,4)26(22(20)14-23(21)29)30-27(32)34-25-16-31-10-8-18(25)9-11-31/h6-7,12-14,18,25-26H,5,8-11,15-16H2,1-4H3,(H,30,32)/t25-,26-/m0/s1. The van der Waals surface area contributed by atoms with E-state index >= 15 is 4.39 Å². The molecule has 2 aromatic carbocycles. The lowest BCUT2D eigenvalue weighted by Crippen LogP contribution is -2.53. The Morgan fingerprint density at radius 1 is 1.21 bits per heavy atom. The molecule has 0 spiro atoms. The number of nitrogens with zero attached hydrogens (tertiary/aromatic N) is 1. The summed E-state index contributed by atoms with van der Waals surface area (Å²) in [6, 6.07) is 9.04. The highest BCUT2D eigenvalue weighted by molar-refractivity contribution is 5.71. The first-order chi connectivity index (χ1) is 16.2. The summed E-state index contributed by atoms with van der Waals surface area (Å²) >= 11 is 0. The molecule has 0 unspecified atom stereocenters. The van der Waals surface area contributed by atoms with E-state index in [9.17, 15) is 4.79 Å². The van der Waals surface area contributed by atoms with E-state index in [0.29, 0.717) is 18.1 Å². The van der Waals surface area contributed by atoms with Gasteiger partial charge in [-0.15, -0.1) is 0 Å². The second kappa shape index (κ2) is 8.88. The van der Waals surface area contributed by atoms with Crippen LogP contribution < -0.4 is 10.1 Å². The average molecular weight is 467 g/mol. The zero-order valence-corrected chi connectivity index (χ0v) is 20.6. The van der Waals surface area contributed by atoms with Crippen LogP contribution in [0.15, 0.2) is 30.3 Å². The molecular formula is C28H35FN2O3. The molecule has 34 heavy (non-hydrogen) atoms. The van der Waals surface area contributed by atoms with Gasteiger partial charge in [-0.25, -0.2) is 9.18 Å². The number of halogens is 1. The lowest BCUT2D eigenvalue weighted by Gasteiger charge is -2.44. The predicted octanol–water partition coefficient (Wildman–Crippen LogP) is 5.64. The van der Waals surface area contributed by atoms with Crippen molar-refractivity contribution < 1.29 is 18.7 Å². The maximum atomic E-state index is 15.4. The normalized spacial score (nSPS) is 26.7. The Balaban J connectivity index is 1.36. The monoisotopic (exact) mass is 466 g/mol. The van der Waals surface area contributed by atoms with Gasteiger partial charge in [0.1, 0.15) is 17.7 Å². The SMILES string of the molecule is CCOc1ccc(-c2cc3c(cc2F)[C@H](NC(=O)O[C@H]2CN4CCC2CC4)C(C)(C)C3)cc1C. The largest absolute Gasteiger partial charge is 0.494 e. The molecular weight excluding hydrogens is 431 g/mol. The van der Waals surface area contributed by atoms with Crippen LogP contribution in [-0.2, 0) is 11.2 Å². The summed E-state index contributed by atoms with van der Waals surface area (Å²) < 4.78 is 26.9. The number of hydrogen-bond donors (Lipinski definition) is 1. The molecule has 182 valence electrons. The van der Waals surface area contributed by atoms with Gasteiger partial charge in [0.05, 0.1) is 12.6 Å². The van der Waals surface area contributed by atoms with Crippen molar-refractivity contribution in [2.45, 2.75) is 59.1 Å². The number of nitrogens with one attached hydrogen (secondary N) is 1. The third kappa shape index (κ3) is 4.28. The maximum Gasteiger partial charge on any atom is 0.407 e. The van der Waals surface area contributed by atoms with Crippen LogP contribution >= 0.6 is 0 Å². The Labute approximate surface area is 201 Å². The van der Waals surface area contributed by atoms with Crippen LogP contribution in [0.1, 0.15) is 56.3 Å². The van der Waals surface area contributed by atoms with Crippen molar-refractivity contribution in [1.82, 2.24) is 10.2 Å². The van der Waals surface area contributed by atoms with Crippen LogP contribution in [0.5, 0.6) is 5.75 Å². The van der Waals surface area contributed by atoms with E-state index in [0.717, 1.165) is 66.9 Å². The summed E-state index contributed by atoms with van der Waals surface area (Å²) in [6.45, 7) is 11.8. The van der Waals surface area contributed by atoms with Crippen molar-refractivity contribution >= 4 is 6.09 Å². The number of fused-ring (bicyclic) bond motifs is 4. The Morgan fingerprint density at radius 2 is 1.97 bits per heavy atom. The van der Waals surface area contributed by atoms with E-state index in [2.05, 4.69) is 24.1 Å². The minimum atomic E-state index is -0.392. The molecule has 1 N–H and O–H groups in total. The van der Waals surface area contributed by atoms with Crippen molar-refractivity contribution in [1.29, 1.82) is 0 Å². The molecule has 6 rings (SSSR count). The first-order valence-electron chi connectivity index (χ1n) is 12.5. The van der Waals surface area contributed by atoms with Gasteiger partial charge >= 0.3 is 6.09 Å². The maximum absolute atomic E-state index is 15.4. The summed E-state index contributed by atoms with van der Waals surface area (Å²) in [5.74, 6) is 0.995. The summed E-state index contributed by atoms with van der Waals surface area (Å²) in [7, 11) is 0. The zero-order valence-electron chi connectivity index (χ0n) is 20.6. The Morgan fingerprint density at radius 3 is 2.62 bits per heavy atom. The summed E-state index contributed by atoms with van der Waals surface area (Å²) in [5, 5.41) is 3.09. The zero-order chi connectivity index (χ0) is 24.0. The van der Waals surface area contributed by atoms with Crippen LogP contribution in [0.4, 0.5) is 9.18 Å². The number of aryl methyl sites for hydroxylation is 1. The molecule has 2 bridgehead atoms. The predicted molar refractivity (Wildman–Crippen MR) is 131 cm³/mol. The highest BCUT2D eigenvalue weighted by Crippen LogP contribution is 2.47. The van der Waals surface area contributed by atoms with Gasteiger partial charge in [0.15, 0.2) is 0 Å². The molecule has 2 atom stereocenters. The Bertz CT molecular complexity index is 1090. The highest BCUT2D eigenvalue weighted by Gasteiger charge is 2.42. The van der Waals surface area contributed by atoms with Gasteiger partial charge in [-0.05, 0) is 104 Å². The van der Waals surface area contributed by atoms with Gasteiger partial charge in [-0.2, -0.15) is 0 Å². The molecule has 0 radical (unpaired) electrons. The van der Waals surface area contributed by atoms with Crippen molar-refractivity contribution in [3.8, 4) is 16.9 Å². The van der Waals surface area contributed by atoms with Gasteiger partial charge in [-0.3, -0.25) is 4.90 Å². The van der Waals surface area contributed by atoms with Gasteiger partial charge < -0.3 is 14.8 Å². The van der Waals surface area contributed by atoms with E-state index in [1.807, 2.05) is 38.1 Å². The lowest BCUT2D eigenvalue weighted by molar-refractivity contribution is -0.0349. The number of benzene rings is 2. The third-order valence-corrected chi connectivity index (χ3v) is 7.87. The molecule has 0 saturated carbocycles. The number of piperidine rings is 3. The van der Waals surface area contributed by atoms with Crippen LogP contribution in [0.25, 0.3) is 11.1 Å². The number of ether oxygens (including phenoxy) is 2. The lowest BCUT2D eigenvalue weighted by atomic mass is 9.85. The summed E-state index contributed by atoms with van der Waals surface area (Å²) in [5.41, 5.74) is 4.07. The van der Waals surface area contributed by atoms with Crippen LogP contribution in [0.2, 0.25) is 0 Å². The second-order valence-electron chi connectivity index (χ2n) is 10.8. The molecule has 6 heteroatoms. The molecule has 3 heterocycles. The van der Waals surface area contributed by atoms with E-state index in [1.54, 1.807) is 6.07 Å². The summed E-state index contributed by atoms with van der Waals surface area (Å²) in [6.07, 6.45) is 2.50. The molecule has 3 fully saturated rings. The fourth-order valence-corrected chi connectivity index (χ4v) is 6.03. The minimum absolute atomic E-state index is 0.0477. The van der Waals surface area contributed by atoms with Crippen molar-refractivity contribution in [2.75, 3.05) is 26.2 Å². The number of alkyl carbamates (subject to hydrolysis) is 1. The molecule has 5 nitrogen and oxygen atoms in total. The first kappa shape index (κ1) is 23.2. The number of carbonyl (C=O) groups excluding carboxylic acids is 1. The molecule has 2 aromatic rings. The highest BCUT2D eigenvalue weighted by atomic mass is 19.1. The fraction of sp³-hybridized carbons (Fsp3) is 0.536. The Kier molecular flexibility index (Phi) is 6.05. The van der Waals surface area contributed by atoms with Crippen molar-refractivity contribution in [2.24, 2.45) is 11.3 Å². The second-order valence-corrected chi connectivity index (χ2v) is 10.8. The van der Waals surface area contributed by atoms with Gasteiger partial charge in [-0.1, -0.05) is 19.9 Å². The minimum Gasteiger partial charge on any atom is -0.494 e. The average Bonchev–Trinajstić information content (AvgIpc) is 3.04. The van der Waals surface area contributed by atoms with Gasteiger partial charge in [0.2, 0.25) is 0 Å². The number of carbonyl (C=O) groups is 1. The number of rotatable bonds is 5. The van der Waals surface area contributed by atoms with Crippen LogP contribution in [0, 0.1) is 24.1 Å². The molecule has 4 aliphatic rings. The molecule has 1 amide bonds. The number of amides is 1. The quantitative estimate of drug-likeness (QED) is 0.619. The van der Waals surface area contributed by atoms with Crippen LogP contribution in [-0.4, -0.2) is 43.3 Å². The van der Waals surface area contributed by atoms with Gasteiger partial charge in [0, 0.05) is 12.1 Å². The molecule has 3 aliphatic heterocycles. The van der Waals surface area contributed by atoms with E-state index < -0.39 is 6.09 Å². The summed E-state index contributed by atoms with van der Waals surface area (Å²) in [4.78, 5) is 15.2. The van der Waals surface area contributed by atoms with Crippen molar-refractivity contribution in [3.63, 3.8) is 0 Å². The molecule has 0 aromatic heterocycles. The molecule has 1 aliphatic carbocycles. The van der Waals surface area contributed by atoms with Gasteiger partial charge in [0.25, 0.3) is 0 Å². The molecule has 3 saturated heterocycles. The van der Waals surface area contributed by atoms with Crippen LogP contribution in [0.3, 0.4) is 0 Å².